The Hall–Kier alpha value is -1.13. The average molecular weight is 207 g/mol. The lowest BCUT2D eigenvalue weighted by molar-refractivity contribution is -0.0215. The highest BCUT2D eigenvalue weighted by atomic mass is 16.5. The third kappa shape index (κ3) is 2.91. The third-order valence-electron chi connectivity index (χ3n) is 2.56. The van der Waals surface area contributed by atoms with Crippen LogP contribution in [0.2, 0.25) is 0 Å². The summed E-state index contributed by atoms with van der Waals surface area (Å²) in [4.78, 5) is 6.64. The minimum atomic E-state index is 0.326. The van der Waals surface area contributed by atoms with Crippen molar-refractivity contribution in [2.75, 3.05) is 25.4 Å². The fourth-order valence-electron chi connectivity index (χ4n) is 1.79. The number of hydrogen-bond donors (Lipinski definition) is 1. The van der Waals surface area contributed by atoms with E-state index in [2.05, 4.69) is 16.8 Å². The Labute approximate surface area is 90.0 Å². The summed E-state index contributed by atoms with van der Waals surface area (Å²) in [6.07, 6.45) is 2.03. The second-order valence-electron chi connectivity index (χ2n) is 4.00. The van der Waals surface area contributed by atoms with Crippen molar-refractivity contribution < 1.29 is 4.74 Å². The second kappa shape index (κ2) is 4.59. The van der Waals surface area contributed by atoms with Crippen LogP contribution in [-0.2, 0) is 11.3 Å². The van der Waals surface area contributed by atoms with Gasteiger partial charge in [0.25, 0.3) is 0 Å². The fraction of sp³-hybridized carbons (Fsp3) is 0.545. The zero-order valence-corrected chi connectivity index (χ0v) is 9.02. The molecule has 0 bridgehead atoms. The summed E-state index contributed by atoms with van der Waals surface area (Å²) < 4.78 is 5.48. The van der Waals surface area contributed by atoms with E-state index < -0.39 is 0 Å². The topological polar surface area (TPSA) is 51.4 Å². The van der Waals surface area contributed by atoms with E-state index >= 15 is 0 Å². The molecule has 1 aromatic heterocycles. The van der Waals surface area contributed by atoms with Gasteiger partial charge in [0.1, 0.15) is 0 Å². The highest BCUT2D eigenvalue weighted by Crippen LogP contribution is 2.09. The van der Waals surface area contributed by atoms with Gasteiger partial charge in [-0.05, 0) is 19.1 Å². The summed E-state index contributed by atoms with van der Waals surface area (Å²) in [5.74, 6) is 0. The van der Waals surface area contributed by atoms with Crippen LogP contribution in [0.4, 0.5) is 5.69 Å². The lowest BCUT2D eigenvalue weighted by atomic mass is 10.2. The number of aromatic nitrogens is 1. The molecule has 1 fully saturated rings. The van der Waals surface area contributed by atoms with Crippen molar-refractivity contribution in [3.8, 4) is 0 Å². The summed E-state index contributed by atoms with van der Waals surface area (Å²) in [7, 11) is 0. The van der Waals surface area contributed by atoms with Crippen LogP contribution in [0.25, 0.3) is 0 Å². The Morgan fingerprint density at radius 2 is 2.47 bits per heavy atom. The van der Waals surface area contributed by atoms with E-state index in [1.54, 1.807) is 6.20 Å². The van der Waals surface area contributed by atoms with E-state index in [0.29, 0.717) is 11.8 Å². The Morgan fingerprint density at radius 1 is 1.60 bits per heavy atom. The van der Waals surface area contributed by atoms with Crippen LogP contribution in [0.3, 0.4) is 0 Å². The Balaban J connectivity index is 1.93. The summed E-state index contributed by atoms with van der Waals surface area (Å²) in [6.45, 7) is 5.76. The first-order valence-electron chi connectivity index (χ1n) is 5.28. The number of morpholine rings is 1. The molecular formula is C11H17N3O. The van der Waals surface area contributed by atoms with Crippen LogP contribution in [0.15, 0.2) is 18.3 Å². The van der Waals surface area contributed by atoms with Gasteiger partial charge in [0.05, 0.1) is 30.3 Å². The normalized spacial score (nSPS) is 22.9. The van der Waals surface area contributed by atoms with Crippen molar-refractivity contribution in [1.82, 2.24) is 9.88 Å². The van der Waals surface area contributed by atoms with E-state index in [9.17, 15) is 0 Å². The van der Waals surface area contributed by atoms with E-state index in [-0.39, 0.29) is 0 Å². The van der Waals surface area contributed by atoms with Crippen LogP contribution >= 0.6 is 0 Å². The zero-order valence-electron chi connectivity index (χ0n) is 9.02. The lowest BCUT2D eigenvalue weighted by Gasteiger charge is -2.30. The maximum Gasteiger partial charge on any atom is 0.0674 e. The number of rotatable bonds is 2. The number of hydrogen-bond acceptors (Lipinski definition) is 4. The van der Waals surface area contributed by atoms with Gasteiger partial charge in [0, 0.05) is 19.6 Å². The molecular weight excluding hydrogens is 190 g/mol. The van der Waals surface area contributed by atoms with Crippen LogP contribution < -0.4 is 5.73 Å². The highest BCUT2D eigenvalue weighted by molar-refractivity contribution is 5.34. The third-order valence-corrected chi connectivity index (χ3v) is 2.56. The van der Waals surface area contributed by atoms with Gasteiger partial charge in [-0.1, -0.05) is 0 Å². The molecule has 0 aromatic carbocycles. The SMILES string of the molecule is CC1CN(Cc2ccc(N)cn2)CCO1. The molecule has 0 aliphatic carbocycles. The van der Waals surface area contributed by atoms with Crippen LogP contribution in [-0.4, -0.2) is 35.7 Å². The van der Waals surface area contributed by atoms with Gasteiger partial charge in [0.2, 0.25) is 0 Å². The molecule has 0 amide bonds. The average Bonchev–Trinajstić information content (AvgIpc) is 2.22. The van der Waals surface area contributed by atoms with Gasteiger partial charge in [0.15, 0.2) is 0 Å². The smallest absolute Gasteiger partial charge is 0.0674 e. The minimum Gasteiger partial charge on any atom is -0.397 e. The largest absolute Gasteiger partial charge is 0.397 e. The lowest BCUT2D eigenvalue weighted by Crippen LogP contribution is -2.40. The molecule has 82 valence electrons. The highest BCUT2D eigenvalue weighted by Gasteiger charge is 2.16. The number of nitrogen functional groups attached to an aromatic ring is 1. The van der Waals surface area contributed by atoms with Gasteiger partial charge in [-0.25, -0.2) is 0 Å². The summed E-state index contributed by atoms with van der Waals surface area (Å²) in [6, 6.07) is 3.88. The van der Waals surface area contributed by atoms with E-state index in [1.165, 1.54) is 0 Å². The van der Waals surface area contributed by atoms with Crippen molar-refractivity contribution in [1.29, 1.82) is 0 Å². The molecule has 1 unspecified atom stereocenters. The molecule has 0 spiro atoms. The summed E-state index contributed by atoms with van der Waals surface area (Å²) in [5, 5.41) is 0. The minimum absolute atomic E-state index is 0.326. The van der Waals surface area contributed by atoms with Crippen molar-refractivity contribution in [2.45, 2.75) is 19.6 Å². The standard InChI is InChI=1S/C11H17N3O/c1-9-7-14(4-5-15-9)8-11-3-2-10(12)6-13-11/h2-3,6,9H,4-5,7-8,12H2,1H3. The summed E-state index contributed by atoms with van der Waals surface area (Å²) in [5.41, 5.74) is 7.37. The predicted molar refractivity (Wildman–Crippen MR) is 59.3 cm³/mol. The van der Waals surface area contributed by atoms with Crippen molar-refractivity contribution in [3.05, 3.63) is 24.0 Å². The molecule has 1 aliphatic heterocycles. The molecule has 4 heteroatoms. The Morgan fingerprint density at radius 3 is 3.13 bits per heavy atom. The molecule has 1 aliphatic rings. The Kier molecular flexibility index (Phi) is 3.18. The van der Waals surface area contributed by atoms with Gasteiger partial charge in [-0.3, -0.25) is 9.88 Å². The summed E-state index contributed by atoms with van der Waals surface area (Å²) >= 11 is 0. The molecule has 1 atom stereocenters. The molecule has 4 nitrogen and oxygen atoms in total. The van der Waals surface area contributed by atoms with Crippen LogP contribution in [0.5, 0.6) is 0 Å². The maximum atomic E-state index is 5.59. The van der Waals surface area contributed by atoms with Crippen molar-refractivity contribution in [2.24, 2.45) is 0 Å². The van der Waals surface area contributed by atoms with Gasteiger partial charge >= 0.3 is 0 Å². The first kappa shape index (κ1) is 10.4. The molecule has 2 N–H and O–H groups in total. The molecule has 15 heavy (non-hydrogen) atoms. The van der Waals surface area contributed by atoms with Gasteiger partial charge in [-0.2, -0.15) is 0 Å². The van der Waals surface area contributed by atoms with Crippen LogP contribution in [0.1, 0.15) is 12.6 Å². The molecule has 1 saturated heterocycles. The van der Waals surface area contributed by atoms with Gasteiger partial charge in [-0.15, -0.1) is 0 Å². The van der Waals surface area contributed by atoms with Crippen LogP contribution in [0, 0.1) is 0 Å². The van der Waals surface area contributed by atoms with Crippen molar-refractivity contribution in [3.63, 3.8) is 0 Å². The first-order chi connectivity index (χ1) is 7.24. The molecule has 0 saturated carbocycles. The van der Waals surface area contributed by atoms with E-state index in [1.807, 2.05) is 12.1 Å². The van der Waals surface area contributed by atoms with E-state index in [0.717, 1.165) is 31.9 Å². The number of nitrogens with zero attached hydrogens (tertiary/aromatic N) is 2. The number of pyridine rings is 1. The van der Waals surface area contributed by atoms with Gasteiger partial charge < -0.3 is 10.5 Å². The molecule has 2 heterocycles. The quantitative estimate of drug-likeness (QED) is 0.782. The first-order valence-corrected chi connectivity index (χ1v) is 5.28. The monoisotopic (exact) mass is 207 g/mol. The number of ether oxygens (including phenoxy) is 1. The maximum absolute atomic E-state index is 5.59. The fourth-order valence-corrected chi connectivity index (χ4v) is 1.79. The Bertz CT molecular complexity index is 312. The zero-order chi connectivity index (χ0) is 10.7. The van der Waals surface area contributed by atoms with E-state index in [4.69, 9.17) is 10.5 Å². The second-order valence-corrected chi connectivity index (χ2v) is 4.00. The molecule has 1 aromatic rings. The number of nitrogens with two attached hydrogens (primary N) is 1. The van der Waals surface area contributed by atoms with Crippen molar-refractivity contribution >= 4 is 5.69 Å². The predicted octanol–water partition coefficient (Wildman–Crippen LogP) is 0.885. The molecule has 2 rings (SSSR count). The molecule has 0 radical (unpaired) electrons. The number of anilines is 1.